The van der Waals surface area contributed by atoms with E-state index in [0.717, 1.165) is 0 Å². The molecule has 1 aromatic heterocycles. The molecule has 14 heavy (non-hydrogen) atoms. The molecule has 1 aromatic rings. The van der Waals surface area contributed by atoms with Crippen LogP contribution in [0.1, 0.15) is 12.7 Å². The number of amides is 1. The Kier molecular flexibility index (Phi) is 3.82. The van der Waals surface area contributed by atoms with Gasteiger partial charge in [-0.05, 0) is 6.92 Å². The highest BCUT2D eigenvalue weighted by molar-refractivity contribution is 6.29. The van der Waals surface area contributed by atoms with E-state index >= 15 is 0 Å². The Labute approximate surface area is 85.3 Å². The van der Waals surface area contributed by atoms with Gasteiger partial charge in [0.25, 0.3) is 11.5 Å². The fourth-order valence-electron chi connectivity index (χ4n) is 0.932. The van der Waals surface area contributed by atoms with Crippen molar-refractivity contribution in [3.63, 3.8) is 0 Å². The average Bonchev–Trinajstić information content (AvgIpc) is 2.60. The number of nitrogens with zero attached hydrogens (tertiary/aromatic N) is 3. The Morgan fingerprint density at radius 3 is 3.14 bits per heavy atom. The van der Waals surface area contributed by atoms with Crippen LogP contribution in [-0.2, 0) is 17.9 Å². The number of carbonyl (C=O) groups excluding carboxylic acids is 1. The van der Waals surface area contributed by atoms with Gasteiger partial charge in [0.1, 0.15) is 12.2 Å². The Bertz CT molecular complexity index is 314. The van der Waals surface area contributed by atoms with Crippen molar-refractivity contribution < 1.29 is 9.18 Å². The van der Waals surface area contributed by atoms with Crippen molar-refractivity contribution in [2.24, 2.45) is 0 Å². The summed E-state index contributed by atoms with van der Waals surface area (Å²) >= 11 is 4.92. The fraction of sp³-hybridized carbons (Fsp3) is 0.571. The maximum absolute atomic E-state index is 12.2. The van der Waals surface area contributed by atoms with Crippen LogP contribution in [-0.4, -0.2) is 26.3 Å². The highest BCUT2D eigenvalue weighted by Gasteiger charge is 2.13. The molecule has 0 aliphatic heterocycles. The third kappa shape index (κ3) is 2.66. The van der Waals surface area contributed by atoms with Crippen LogP contribution in [0.4, 0.5) is 4.39 Å². The topological polar surface area (TPSA) is 59.8 Å². The molecule has 1 atom stereocenters. The highest BCUT2D eigenvalue weighted by atomic mass is 35.5. The first-order valence-corrected chi connectivity index (χ1v) is 4.51. The minimum absolute atomic E-state index is 0.125. The number of rotatable bonds is 4. The zero-order valence-electron chi connectivity index (χ0n) is 7.57. The molecule has 78 valence electrons. The molecule has 0 fully saturated rings. The molecule has 1 N–H and O–H groups in total. The molecule has 0 bridgehead atoms. The second kappa shape index (κ2) is 4.90. The van der Waals surface area contributed by atoms with Crippen LogP contribution in [0, 0.1) is 0 Å². The molecule has 1 unspecified atom stereocenters. The maximum Gasteiger partial charge on any atom is 0.270 e. The first kappa shape index (κ1) is 10.9. The van der Waals surface area contributed by atoms with E-state index in [4.69, 9.17) is 11.6 Å². The van der Waals surface area contributed by atoms with Crippen molar-refractivity contribution in [1.82, 2.24) is 20.1 Å². The number of halogens is 2. The van der Waals surface area contributed by atoms with Crippen LogP contribution < -0.4 is 5.32 Å². The van der Waals surface area contributed by atoms with E-state index < -0.39 is 11.5 Å². The molecule has 0 spiro atoms. The van der Waals surface area contributed by atoms with Crippen LogP contribution >= 0.6 is 11.6 Å². The number of nitrogens with one attached hydrogen (secondary N) is 1. The number of carbonyl (C=O) groups is 1. The van der Waals surface area contributed by atoms with Crippen molar-refractivity contribution in [2.45, 2.75) is 25.6 Å². The summed E-state index contributed by atoms with van der Waals surface area (Å²) in [5, 5.41) is 6.17. The Morgan fingerprint density at radius 1 is 1.86 bits per heavy atom. The molecule has 1 heterocycles. The van der Waals surface area contributed by atoms with Crippen LogP contribution in [0.2, 0.25) is 0 Å². The van der Waals surface area contributed by atoms with Crippen LogP contribution in [0.3, 0.4) is 0 Å². The summed E-state index contributed by atoms with van der Waals surface area (Å²) in [6.07, 6.45) is 1.37. The monoisotopic (exact) mass is 220 g/mol. The second-order valence-corrected chi connectivity index (χ2v) is 2.89. The summed E-state index contributed by atoms with van der Waals surface area (Å²) in [6, 6.07) is 0. The predicted molar refractivity (Wildman–Crippen MR) is 48.3 cm³/mol. The van der Waals surface area contributed by atoms with Gasteiger partial charge in [0.2, 0.25) is 0 Å². The highest BCUT2D eigenvalue weighted by Crippen LogP contribution is 1.98. The van der Waals surface area contributed by atoms with Gasteiger partial charge in [0.05, 0.1) is 6.54 Å². The zero-order valence-corrected chi connectivity index (χ0v) is 8.33. The predicted octanol–water partition coefficient (Wildman–Crippen LogP) is 0.449. The van der Waals surface area contributed by atoms with Gasteiger partial charge in [-0.2, -0.15) is 5.10 Å². The summed E-state index contributed by atoms with van der Waals surface area (Å²) in [5.41, 5.74) is -2.02. The summed E-state index contributed by atoms with van der Waals surface area (Å²) in [6.45, 7) is 2.66. The van der Waals surface area contributed by atoms with Crippen molar-refractivity contribution >= 4 is 17.5 Å². The van der Waals surface area contributed by atoms with E-state index in [1.165, 1.54) is 6.33 Å². The molecule has 0 aromatic carbocycles. The normalized spacial score (nSPS) is 12.5. The van der Waals surface area contributed by atoms with E-state index in [1.807, 2.05) is 6.92 Å². The smallest absolute Gasteiger partial charge is 0.270 e. The lowest BCUT2D eigenvalue weighted by molar-refractivity contribution is -0.123. The molecule has 0 saturated heterocycles. The number of alkyl halides is 2. The van der Waals surface area contributed by atoms with Gasteiger partial charge in [0.15, 0.2) is 0 Å². The van der Waals surface area contributed by atoms with E-state index in [-0.39, 0.29) is 6.54 Å². The van der Waals surface area contributed by atoms with Crippen molar-refractivity contribution in [3.05, 3.63) is 12.2 Å². The molecule has 5 nitrogen and oxygen atoms in total. The van der Waals surface area contributed by atoms with Gasteiger partial charge in [-0.25, -0.2) is 14.1 Å². The van der Waals surface area contributed by atoms with Crippen LogP contribution in [0.15, 0.2) is 6.33 Å². The number of aromatic nitrogens is 3. The molecule has 1 rings (SSSR count). The van der Waals surface area contributed by atoms with E-state index in [9.17, 15) is 9.18 Å². The summed E-state index contributed by atoms with van der Waals surface area (Å²) in [5.74, 6) is -0.296. The van der Waals surface area contributed by atoms with Gasteiger partial charge in [-0.1, -0.05) is 11.6 Å². The zero-order chi connectivity index (χ0) is 10.6. The van der Waals surface area contributed by atoms with E-state index in [2.05, 4.69) is 15.4 Å². The SMILES string of the molecule is CCn1ncnc1CNC(=O)C(F)Cl. The molecule has 0 radical (unpaired) electrons. The fourth-order valence-corrected chi connectivity index (χ4v) is 1.01. The summed E-state index contributed by atoms with van der Waals surface area (Å²) < 4.78 is 13.8. The summed E-state index contributed by atoms with van der Waals surface area (Å²) in [4.78, 5) is 14.7. The van der Waals surface area contributed by atoms with Crippen molar-refractivity contribution in [2.75, 3.05) is 0 Å². The van der Waals surface area contributed by atoms with Crippen LogP contribution in [0.5, 0.6) is 0 Å². The molecule has 0 saturated carbocycles. The van der Waals surface area contributed by atoms with E-state index in [1.54, 1.807) is 4.68 Å². The average molecular weight is 221 g/mol. The third-order valence-electron chi connectivity index (χ3n) is 1.61. The van der Waals surface area contributed by atoms with Gasteiger partial charge in [-0.15, -0.1) is 0 Å². The van der Waals surface area contributed by atoms with E-state index in [0.29, 0.717) is 12.4 Å². The Morgan fingerprint density at radius 2 is 2.57 bits per heavy atom. The number of aryl methyl sites for hydroxylation is 1. The van der Waals surface area contributed by atoms with Crippen molar-refractivity contribution in [3.8, 4) is 0 Å². The molecule has 1 amide bonds. The molecule has 0 aliphatic rings. The Balaban J connectivity index is 2.49. The van der Waals surface area contributed by atoms with Gasteiger partial charge < -0.3 is 5.32 Å². The number of hydrogen-bond acceptors (Lipinski definition) is 3. The lowest BCUT2D eigenvalue weighted by Gasteiger charge is -2.04. The third-order valence-corrected chi connectivity index (χ3v) is 1.81. The first-order chi connectivity index (χ1) is 6.65. The standard InChI is InChI=1S/C7H10ClFN4O/c1-2-13-5(11-4-12-13)3-10-7(14)6(8)9/h4,6H,2-3H2,1H3,(H,10,14). The van der Waals surface area contributed by atoms with Crippen LogP contribution in [0.25, 0.3) is 0 Å². The van der Waals surface area contributed by atoms with Gasteiger partial charge >= 0.3 is 0 Å². The van der Waals surface area contributed by atoms with Gasteiger partial charge in [-0.3, -0.25) is 4.79 Å². The minimum atomic E-state index is -2.02. The lowest BCUT2D eigenvalue weighted by Crippen LogP contribution is -2.29. The quantitative estimate of drug-likeness (QED) is 0.750. The Hall–Kier alpha value is -1.17. The molecular weight excluding hydrogens is 211 g/mol. The van der Waals surface area contributed by atoms with Gasteiger partial charge in [0, 0.05) is 6.54 Å². The molecular formula is C7H10ClFN4O. The van der Waals surface area contributed by atoms with Crippen molar-refractivity contribution in [1.29, 1.82) is 0 Å². The molecule has 0 aliphatic carbocycles. The minimum Gasteiger partial charge on any atom is -0.345 e. The maximum atomic E-state index is 12.2. The largest absolute Gasteiger partial charge is 0.345 e. The second-order valence-electron chi connectivity index (χ2n) is 2.51. The lowest BCUT2D eigenvalue weighted by atomic mass is 10.5. The number of hydrogen-bond donors (Lipinski definition) is 1. The first-order valence-electron chi connectivity index (χ1n) is 4.07. The summed E-state index contributed by atoms with van der Waals surface area (Å²) in [7, 11) is 0. The molecule has 7 heteroatoms.